The molecule has 0 aromatic heterocycles. The van der Waals surface area contributed by atoms with Gasteiger partial charge in [0, 0.05) is 13.8 Å². The first-order valence-electron chi connectivity index (χ1n) is 5.39. The van der Waals surface area contributed by atoms with Gasteiger partial charge in [-0.05, 0) is 12.1 Å². The average molecular weight is 256 g/mol. The van der Waals surface area contributed by atoms with Gasteiger partial charge in [-0.1, -0.05) is 26.0 Å². The second kappa shape index (κ2) is 11.3. The van der Waals surface area contributed by atoms with E-state index in [0.29, 0.717) is 11.4 Å². The van der Waals surface area contributed by atoms with Crippen molar-refractivity contribution in [2.75, 3.05) is 11.5 Å². The monoisotopic (exact) mass is 256 g/mol. The van der Waals surface area contributed by atoms with Crippen LogP contribution in [0.2, 0.25) is 0 Å². The van der Waals surface area contributed by atoms with Gasteiger partial charge < -0.3 is 11.5 Å². The Hall–Kier alpha value is -2.24. The lowest BCUT2D eigenvalue weighted by Crippen LogP contribution is -2.03. The molecule has 0 saturated heterocycles. The van der Waals surface area contributed by atoms with Gasteiger partial charge in [0.25, 0.3) is 0 Å². The zero-order valence-corrected chi connectivity index (χ0v) is 11.1. The van der Waals surface area contributed by atoms with Crippen molar-refractivity contribution in [1.29, 1.82) is 0 Å². The molecule has 6 heteroatoms. The normalized spacial score (nSPS) is 7.78. The lowest BCUT2D eigenvalue weighted by molar-refractivity contribution is -0.255. The number of nitrogens with two attached hydrogens (primary N) is 2. The first-order valence-corrected chi connectivity index (χ1v) is 5.39. The zero-order chi connectivity index (χ0) is 14.6. The highest BCUT2D eigenvalue weighted by Crippen LogP contribution is 2.10. The Balaban J connectivity index is 0. The molecule has 0 amide bonds. The number of carbonyl (C=O) groups is 2. The Labute approximate surface area is 107 Å². The summed E-state index contributed by atoms with van der Waals surface area (Å²) >= 11 is 0. The molecule has 0 fully saturated rings. The molecule has 102 valence electrons. The first-order chi connectivity index (χ1) is 8.43. The Morgan fingerprint density at radius 1 is 0.889 bits per heavy atom. The van der Waals surface area contributed by atoms with Crippen LogP contribution in [0.15, 0.2) is 24.3 Å². The Morgan fingerprint density at radius 2 is 1.17 bits per heavy atom. The van der Waals surface area contributed by atoms with Crippen molar-refractivity contribution in [1.82, 2.24) is 0 Å². The lowest BCUT2D eigenvalue weighted by atomic mass is 10.3. The molecule has 6 nitrogen and oxygen atoms in total. The van der Waals surface area contributed by atoms with Crippen molar-refractivity contribution < 1.29 is 19.4 Å². The minimum Gasteiger partial charge on any atom is -0.397 e. The molecule has 0 saturated carbocycles. The number of rotatable bonds is 0. The van der Waals surface area contributed by atoms with Gasteiger partial charge in [0.2, 0.25) is 0 Å². The molecule has 4 N–H and O–H groups in total. The van der Waals surface area contributed by atoms with Crippen molar-refractivity contribution in [2.24, 2.45) is 0 Å². The fourth-order valence-electron chi connectivity index (χ4n) is 0.628. The second-order valence-electron chi connectivity index (χ2n) is 2.78. The third-order valence-electron chi connectivity index (χ3n) is 1.27. The quantitative estimate of drug-likeness (QED) is 0.417. The predicted octanol–water partition coefficient (Wildman–Crippen LogP) is 1.90. The molecule has 0 radical (unpaired) electrons. The number of carbonyl (C=O) groups excluding carboxylic acids is 2. The molecule has 0 atom stereocenters. The SMILES string of the molecule is CC.CC(=O)OOC(C)=O.Nc1ccccc1N. The van der Waals surface area contributed by atoms with Gasteiger partial charge in [0.05, 0.1) is 11.4 Å². The molecule has 0 aliphatic carbocycles. The summed E-state index contributed by atoms with van der Waals surface area (Å²) in [5, 5.41) is 0. The van der Waals surface area contributed by atoms with Gasteiger partial charge in [-0.2, -0.15) is 0 Å². The first kappa shape index (κ1) is 18.1. The van der Waals surface area contributed by atoms with Crippen molar-refractivity contribution >= 4 is 23.3 Å². The predicted molar refractivity (Wildman–Crippen MR) is 70.1 cm³/mol. The number of benzene rings is 1. The summed E-state index contributed by atoms with van der Waals surface area (Å²) < 4.78 is 0. The molecule has 0 spiro atoms. The summed E-state index contributed by atoms with van der Waals surface area (Å²) in [4.78, 5) is 27.3. The van der Waals surface area contributed by atoms with Gasteiger partial charge in [0.15, 0.2) is 0 Å². The van der Waals surface area contributed by atoms with Gasteiger partial charge in [-0.15, -0.1) is 0 Å². The van der Waals surface area contributed by atoms with E-state index in [9.17, 15) is 9.59 Å². The standard InChI is InChI=1S/C6H8N2.C4H6O4.C2H6/c7-5-3-1-2-4-6(5)8;1-3(5)7-8-4(2)6;1-2/h1-4H,7-8H2;1-2H3;1-2H3. The summed E-state index contributed by atoms with van der Waals surface area (Å²) in [5.74, 6) is -1.28. The minimum atomic E-state index is -0.639. The van der Waals surface area contributed by atoms with E-state index in [2.05, 4.69) is 9.78 Å². The van der Waals surface area contributed by atoms with Crippen LogP contribution in [-0.4, -0.2) is 11.9 Å². The molecule has 1 aromatic rings. The lowest BCUT2D eigenvalue weighted by Gasteiger charge is -1.94. The van der Waals surface area contributed by atoms with E-state index in [4.69, 9.17) is 11.5 Å². The Bertz CT molecular complexity index is 332. The number of hydrogen-bond acceptors (Lipinski definition) is 6. The minimum absolute atomic E-state index is 0.639. The average Bonchev–Trinajstić information content (AvgIpc) is 2.34. The molecule has 0 heterocycles. The van der Waals surface area contributed by atoms with Crippen LogP contribution in [-0.2, 0) is 19.4 Å². The number of nitrogen functional groups attached to an aromatic ring is 2. The van der Waals surface area contributed by atoms with E-state index in [0.717, 1.165) is 13.8 Å². The number of para-hydroxylation sites is 2. The maximum atomic E-state index is 9.85. The van der Waals surface area contributed by atoms with E-state index < -0.39 is 11.9 Å². The van der Waals surface area contributed by atoms with Crippen LogP contribution < -0.4 is 11.5 Å². The van der Waals surface area contributed by atoms with E-state index in [1.54, 1.807) is 12.1 Å². The van der Waals surface area contributed by atoms with E-state index in [1.807, 2.05) is 26.0 Å². The summed E-state index contributed by atoms with van der Waals surface area (Å²) in [7, 11) is 0. The van der Waals surface area contributed by atoms with Crippen LogP contribution in [0, 0.1) is 0 Å². The molecule has 0 unspecified atom stereocenters. The van der Waals surface area contributed by atoms with Crippen LogP contribution in [0.1, 0.15) is 27.7 Å². The second-order valence-corrected chi connectivity index (χ2v) is 2.78. The van der Waals surface area contributed by atoms with E-state index in [1.165, 1.54) is 0 Å². The number of anilines is 2. The molecule has 18 heavy (non-hydrogen) atoms. The van der Waals surface area contributed by atoms with Gasteiger partial charge in [-0.3, -0.25) is 0 Å². The highest BCUT2D eigenvalue weighted by Gasteiger charge is 1.95. The van der Waals surface area contributed by atoms with E-state index in [-0.39, 0.29) is 0 Å². The summed E-state index contributed by atoms with van der Waals surface area (Å²) in [5.41, 5.74) is 12.1. The maximum Gasteiger partial charge on any atom is 0.352 e. The summed E-state index contributed by atoms with van der Waals surface area (Å²) in [6.45, 7) is 6.28. The van der Waals surface area contributed by atoms with Crippen LogP contribution in [0.4, 0.5) is 11.4 Å². The largest absolute Gasteiger partial charge is 0.397 e. The molecule has 1 rings (SSSR count). The fourth-order valence-corrected chi connectivity index (χ4v) is 0.628. The highest BCUT2D eigenvalue weighted by atomic mass is 17.2. The smallest absolute Gasteiger partial charge is 0.352 e. The van der Waals surface area contributed by atoms with Gasteiger partial charge in [0.1, 0.15) is 0 Å². The van der Waals surface area contributed by atoms with Crippen LogP contribution >= 0.6 is 0 Å². The van der Waals surface area contributed by atoms with Crippen LogP contribution in [0.5, 0.6) is 0 Å². The summed E-state index contributed by atoms with van der Waals surface area (Å²) in [6.07, 6.45) is 0. The third-order valence-corrected chi connectivity index (χ3v) is 1.27. The third kappa shape index (κ3) is 11.8. The highest BCUT2D eigenvalue weighted by molar-refractivity contribution is 5.69. The van der Waals surface area contributed by atoms with Crippen LogP contribution in [0.25, 0.3) is 0 Å². The molecule has 1 aromatic carbocycles. The van der Waals surface area contributed by atoms with E-state index >= 15 is 0 Å². The van der Waals surface area contributed by atoms with Crippen molar-refractivity contribution in [3.05, 3.63) is 24.3 Å². The molecular weight excluding hydrogens is 236 g/mol. The summed E-state index contributed by atoms with van der Waals surface area (Å²) in [6, 6.07) is 7.25. The molecule has 0 bridgehead atoms. The molecule has 0 aliphatic heterocycles. The van der Waals surface area contributed by atoms with Crippen molar-refractivity contribution in [3.63, 3.8) is 0 Å². The molecular formula is C12H20N2O4. The number of hydrogen-bond donors (Lipinski definition) is 2. The maximum absolute atomic E-state index is 9.85. The van der Waals surface area contributed by atoms with Crippen molar-refractivity contribution in [3.8, 4) is 0 Å². The topological polar surface area (TPSA) is 105 Å². The fraction of sp³-hybridized carbons (Fsp3) is 0.333. The van der Waals surface area contributed by atoms with Crippen LogP contribution in [0.3, 0.4) is 0 Å². The van der Waals surface area contributed by atoms with Gasteiger partial charge in [-0.25, -0.2) is 19.4 Å². The van der Waals surface area contributed by atoms with Crippen molar-refractivity contribution in [2.45, 2.75) is 27.7 Å². The zero-order valence-electron chi connectivity index (χ0n) is 11.1. The molecule has 0 aliphatic rings. The van der Waals surface area contributed by atoms with Gasteiger partial charge >= 0.3 is 11.9 Å². The Morgan fingerprint density at radius 3 is 1.33 bits per heavy atom. The Kier molecular flexibility index (Phi) is 11.3.